The molecule has 2 fully saturated rings. The molecule has 2 aromatic rings. The predicted molar refractivity (Wildman–Crippen MR) is 132 cm³/mol. The number of hydrogen-bond acceptors (Lipinski definition) is 6. The number of anilines is 1. The first-order valence-electron chi connectivity index (χ1n) is 12.7. The molecule has 1 saturated heterocycles. The van der Waals surface area contributed by atoms with Crippen LogP contribution in [0.4, 0.5) is 5.82 Å². The number of hydrogen-bond donors (Lipinski definition) is 1. The van der Waals surface area contributed by atoms with Crippen LogP contribution in [0, 0.1) is 5.92 Å². The summed E-state index contributed by atoms with van der Waals surface area (Å²) >= 11 is 0. The molecule has 1 amide bonds. The molecule has 0 bridgehead atoms. The van der Waals surface area contributed by atoms with Crippen molar-refractivity contribution in [3.63, 3.8) is 0 Å². The highest BCUT2D eigenvalue weighted by Gasteiger charge is 2.28. The summed E-state index contributed by atoms with van der Waals surface area (Å²) in [6, 6.07) is 4.43. The number of carbonyl (C=O) groups is 1. The number of nitrogens with one attached hydrogen (secondary N) is 1. The summed E-state index contributed by atoms with van der Waals surface area (Å²) in [5, 5.41) is 3.14. The molecule has 180 valence electrons. The van der Waals surface area contributed by atoms with E-state index in [9.17, 15) is 9.59 Å². The van der Waals surface area contributed by atoms with Crippen LogP contribution in [0.1, 0.15) is 58.3 Å². The van der Waals surface area contributed by atoms with E-state index in [1.54, 1.807) is 10.8 Å². The molecule has 2 aliphatic rings. The van der Waals surface area contributed by atoms with E-state index in [0.29, 0.717) is 42.7 Å². The van der Waals surface area contributed by atoms with E-state index in [1.165, 1.54) is 32.1 Å². The molecule has 1 aliphatic carbocycles. The summed E-state index contributed by atoms with van der Waals surface area (Å²) in [6.07, 6.45) is 11.0. The van der Waals surface area contributed by atoms with Gasteiger partial charge in [-0.3, -0.25) is 14.2 Å². The van der Waals surface area contributed by atoms with Gasteiger partial charge in [0.25, 0.3) is 5.56 Å². The van der Waals surface area contributed by atoms with Gasteiger partial charge in [-0.05, 0) is 64.8 Å². The lowest BCUT2D eigenvalue weighted by Crippen LogP contribution is -2.46. The fourth-order valence-electron chi connectivity index (χ4n) is 5.33. The molecule has 0 radical (unpaired) electrons. The Bertz CT molecular complexity index is 1000. The molecule has 3 heterocycles. The molecule has 1 unspecified atom stereocenters. The normalized spacial score (nSPS) is 19.8. The molecular weight excluding hydrogens is 416 g/mol. The van der Waals surface area contributed by atoms with Gasteiger partial charge in [-0.25, -0.2) is 9.97 Å². The fraction of sp³-hybridized carbons (Fsp3) is 0.680. The largest absolute Gasteiger partial charge is 0.356 e. The van der Waals surface area contributed by atoms with E-state index in [4.69, 9.17) is 0 Å². The third kappa shape index (κ3) is 5.54. The van der Waals surface area contributed by atoms with Crippen molar-refractivity contribution in [2.45, 2.75) is 70.9 Å². The Hall–Kier alpha value is -2.48. The highest BCUT2D eigenvalue weighted by Crippen LogP contribution is 2.22. The molecular formula is C25H38N6O2. The van der Waals surface area contributed by atoms with Gasteiger partial charge in [0, 0.05) is 38.4 Å². The maximum Gasteiger partial charge on any atom is 0.295 e. The molecule has 0 aromatic carbocycles. The molecule has 4 rings (SSSR count). The van der Waals surface area contributed by atoms with Crippen LogP contribution in [0.5, 0.6) is 0 Å². The molecule has 8 heteroatoms. The number of rotatable bonds is 8. The van der Waals surface area contributed by atoms with Crippen LogP contribution in [-0.2, 0) is 11.3 Å². The van der Waals surface area contributed by atoms with Gasteiger partial charge < -0.3 is 15.1 Å². The second-order valence-corrected chi connectivity index (χ2v) is 9.53. The van der Waals surface area contributed by atoms with Crippen molar-refractivity contribution < 1.29 is 4.79 Å². The molecule has 1 N–H and O–H groups in total. The number of aromatic nitrogens is 3. The standard InChI is InChI=1S/C25H38N6O2/c1-3-31-22-21(13-7-14-26-22)28-23(25(31)33)30-17-8-10-19(18-30)24(32)27-15-9-16-29(2)20-11-5-4-6-12-20/h7,13-14,19-20H,3-6,8-12,15-18H2,1-2H3,(H,27,32). The minimum Gasteiger partial charge on any atom is -0.356 e. The fourth-order valence-corrected chi connectivity index (χ4v) is 5.33. The van der Waals surface area contributed by atoms with E-state index >= 15 is 0 Å². The average molecular weight is 455 g/mol. The van der Waals surface area contributed by atoms with Gasteiger partial charge in [-0.1, -0.05) is 19.3 Å². The number of carbonyl (C=O) groups excluding carboxylic acids is 1. The number of aryl methyl sites for hydroxylation is 1. The van der Waals surface area contributed by atoms with Crippen molar-refractivity contribution in [3.05, 3.63) is 28.7 Å². The van der Waals surface area contributed by atoms with Crippen molar-refractivity contribution in [3.8, 4) is 0 Å². The van der Waals surface area contributed by atoms with Crippen LogP contribution in [-0.4, -0.2) is 64.6 Å². The van der Waals surface area contributed by atoms with Crippen LogP contribution in [0.3, 0.4) is 0 Å². The van der Waals surface area contributed by atoms with Gasteiger partial charge >= 0.3 is 0 Å². The van der Waals surface area contributed by atoms with Crippen molar-refractivity contribution in [2.24, 2.45) is 5.92 Å². The Morgan fingerprint density at radius 2 is 2.03 bits per heavy atom. The first-order valence-corrected chi connectivity index (χ1v) is 12.7. The predicted octanol–water partition coefficient (Wildman–Crippen LogP) is 2.80. The number of amides is 1. The van der Waals surface area contributed by atoms with Crippen molar-refractivity contribution in [1.29, 1.82) is 0 Å². The lowest BCUT2D eigenvalue weighted by molar-refractivity contribution is -0.125. The molecule has 8 nitrogen and oxygen atoms in total. The monoisotopic (exact) mass is 454 g/mol. The Kier molecular flexibility index (Phi) is 7.96. The van der Waals surface area contributed by atoms with Crippen LogP contribution in [0.25, 0.3) is 11.2 Å². The van der Waals surface area contributed by atoms with Gasteiger partial charge in [-0.2, -0.15) is 0 Å². The van der Waals surface area contributed by atoms with Crippen molar-refractivity contribution in [2.75, 3.05) is 38.1 Å². The Balaban J connectivity index is 1.33. The first kappa shape index (κ1) is 23.7. The number of pyridine rings is 1. The highest BCUT2D eigenvalue weighted by atomic mass is 16.2. The minimum atomic E-state index is -0.129. The molecule has 1 aliphatic heterocycles. The summed E-state index contributed by atoms with van der Waals surface area (Å²) in [7, 11) is 2.21. The molecule has 2 aromatic heterocycles. The van der Waals surface area contributed by atoms with E-state index in [0.717, 1.165) is 32.4 Å². The summed E-state index contributed by atoms with van der Waals surface area (Å²) in [5.74, 6) is 0.415. The van der Waals surface area contributed by atoms with Crippen molar-refractivity contribution in [1.82, 2.24) is 24.8 Å². The summed E-state index contributed by atoms with van der Waals surface area (Å²) in [6.45, 7) is 5.48. The maximum absolute atomic E-state index is 13.1. The van der Waals surface area contributed by atoms with Crippen LogP contribution < -0.4 is 15.8 Å². The molecule has 33 heavy (non-hydrogen) atoms. The SMILES string of the molecule is CCn1c(=O)c(N2CCCC(C(=O)NCCCN(C)C3CCCCC3)C2)nc2cccnc21. The minimum absolute atomic E-state index is 0.0956. The maximum atomic E-state index is 13.1. The van der Waals surface area contributed by atoms with E-state index in [2.05, 4.69) is 27.2 Å². The zero-order valence-electron chi connectivity index (χ0n) is 20.1. The van der Waals surface area contributed by atoms with E-state index < -0.39 is 0 Å². The van der Waals surface area contributed by atoms with E-state index in [1.807, 2.05) is 24.0 Å². The lowest BCUT2D eigenvalue weighted by atomic mass is 9.94. The van der Waals surface area contributed by atoms with Crippen molar-refractivity contribution >= 4 is 22.9 Å². The molecule has 0 spiro atoms. The zero-order valence-corrected chi connectivity index (χ0v) is 20.1. The van der Waals surface area contributed by atoms with Gasteiger partial charge in [0.15, 0.2) is 11.5 Å². The van der Waals surface area contributed by atoms with Gasteiger partial charge in [0.2, 0.25) is 5.91 Å². The highest BCUT2D eigenvalue weighted by molar-refractivity contribution is 5.79. The second kappa shape index (κ2) is 11.1. The quantitative estimate of drug-likeness (QED) is 0.618. The average Bonchev–Trinajstić information content (AvgIpc) is 2.86. The smallest absolute Gasteiger partial charge is 0.295 e. The van der Waals surface area contributed by atoms with Crippen LogP contribution in [0.2, 0.25) is 0 Å². The topological polar surface area (TPSA) is 83.4 Å². The molecule has 1 atom stereocenters. The first-order chi connectivity index (χ1) is 16.1. The summed E-state index contributed by atoms with van der Waals surface area (Å²) in [5.41, 5.74) is 1.19. The Morgan fingerprint density at radius 3 is 2.82 bits per heavy atom. The van der Waals surface area contributed by atoms with Crippen LogP contribution in [0.15, 0.2) is 23.1 Å². The number of fused-ring (bicyclic) bond motifs is 1. The van der Waals surface area contributed by atoms with Gasteiger partial charge in [0.05, 0.1) is 5.92 Å². The van der Waals surface area contributed by atoms with Gasteiger partial charge in [-0.15, -0.1) is 0 Å². The zero-order chi connectivity index (χ0) is 23.2. The Morgan fingerprint density at radius 1 is 1.21 bits per heavy atom. The van der Waals surface area contributed by atoms with E-state index in [-0.39, 0.29) is 17.4 Å². The summed E-state index contributed by atoms with van der Waals surface area (Å²) < 4.78 is 1.67. The molecule has 1 saturated carbocycles. The van der Waals surface area contributed by atoms with Crippen LogP contribution >= 0.6 is 0 Å². The third-order valence-corrected chi connectivity index (χ3v) is 7.28. The Labute approximate surface area is 196 Å². The lowest BCUT2D eigenvalue weighted by Gasteiger charge is -2.33. The summed E-state index contributed by atoms with van der Waals surface area (Å²) in [4.78, 5) is 39.4. The van der Waals surface area contributed by atoms with Gasteiger partial charge in [0.1, 0.15) is 5.52 Å². The number of piperidine rings is 1. The second-order valence-electron chi connectivity index (χ2n) is 9.53. The third-order valence-electron chi connectivity index (χ3n) is 7.28. The number of nitrogens with zero attached hydrogens (tertiary/aromatic N) is 5.